The number of hydrogen-bond donors (Lipinski definition) is 1. The minimum Gasteiger partial charge on any atom is -0.454 e. The Morgan fingerprint density at radius 3 is 2.64 bits per heavy atom. The lowest BCUT2D eigenvalue weighted by molar-refractivity contribution is -0.121. The van der Waals surface area contributed by atoms with E-state index in [4.69, 9.17) is 14.5 Å². The van der Waals surface area contributed by atoms with Crippen LogP contribution in [0.15, 0.2) is 47.8 Å². The van der Waals surface area contributed by atoms with E-state index < -0.39 is 0 Å². The summed E-state index contributed by atoms with van der Waals surface area (Å²) in [6.45, 7) is 4.90. The van der Waals surface area contributed by atoms with Crippen molar-refractivity contribution in [3.8, 4) is 33.3 Å². The normalized spacial score (nSPS) is 12.4. The van der Waals surface area contributed by atoms with Crippen LogP contribution in [0.1, 0.15) is 25.8 Å². The Hall–Kier alpha value is -2.86. The van der Waals surface area contributed by atoms with E-state index in [9.17, 15) is 4.79 Å². The van der Waals surface area contributed by atoms with Crippen LogP contribution in [0.2, 0.25) is 0 Å². The van der Waals surface area contributed by atoms with Crippen molar-refractivity contribution in [3.05, 3.63) is 53.4 Å². The summed E-state index contributed by atoms with van der Waals surface area (Å²) in [5, 5.41) is 5.97. The number of nitrogens with zero attached hydrogens (tertiary/aromatic N) is 1. The van der Waals surface area contributed by atoms with Crippen LogP contribution in [0.25, 0.3) is 21.8 Å². The second-order valence-electron chi connectivity index (χ2n) is 7.18. The van der Waals surface area contributed by atoms with E-state index in [1.807, 2.05) is 61.7 Å². The molecular formula is C22H22N2O3S. The third-order valence-electron chi connectivity index (χ3n) is 4.46. The molecule has 1 amide bonds. The van der Waals surface area contributed by atoms with Crippen LogP contribution in [0, 0.1) is 5.92 Å². The van der Waals surface area contributed by atoms with E-state index in [2.05, 4.69) is 5.32 Å². The summed E-state index contributed by atoms with van der Waals surface area (Å²) >= 11 is 1.61. The number of ether oxygens (including phenoxy) is 2. The van der Waals surface area contributed by atoms with Gasteiger partial charge in [0.2, 0.25) is 12.7 Å². The Bertz CT molecular complexity index is 980. The van der Waals surface area contributed by atoms with Crippen molar-refractivity contribution >= 4 is 17.2 Å². The van der Waals surface area contributed by atoms with Crippen LogP contribution < -0.4 is 14.8 Å². The maximum Gasteiger partial charge on any atom is 0.231 e. The summed E-state index contributed by atoms with van der Waals surface area (Å²) in [6.07, 6.45) is 0.555. The van der Waals surface area contributed by atoms with Gasteiger partial charge in [-0.15, -0.1) is 11.3 Å². The average Bonchev–Trinajstić information content (AvgIpc) is 3.35. The maximum absolute atomic E-state index is 11.8. The van der Waals surface area contributed by atoms with E-state index >= 15 is 0 Å². The molecule has 3 aromatic rings. The first-order chi connectivity index (χ1) is 13.6. The Labute approximate surface area is 168 Å². The fraction of sp³-hybridized carbons (Fsp3) is 0.273. The number of fused-ring (bicyclic) bond motifs is 1. The summed E-state index contributed by atoms with van der Waals surface area (Å²) < 4.78 is 10.8. The summed E-state index contributed by atoms with van der Waals surface area (Å²) in [6, 6.07) is 14.0. The highest BCUT2D eigenvalue weighted by atomic mass is 32.1. The monoisotopic (exact) mass is 394 g/mol. The molecule has 1 aromatic heterocycles. The van der Waals surface area contributed by atoms with E-state index in [1.54, 1.807) is 11.3 Å². The molecule has 0 radical (unpaired) electrons. The SMILES string of the molecule is CC(C)CC(=O)NCc1ccc(-c2nc(-c3ccc4c(c3)OCO4)cs2)cc1. The standard InChI is InChI=1S/C22H22N2O3S/c1-14(2)9-21(25)23-11-15-3-5-16(6-4-15)22-24-18(12-28-22)17-7-8-19-20(10-17)27-13-26-19/h3-8,10,12,14H,9,11,13H2,1-2H3,(H,23,25). The molecule has 2 aromatic carbocycles. The minimum atomic E-state index is 0.0902. The van der Waals surface area contributed by atoms with Gasteiger partial charge in [-0.3, -0.25) is 4.79 Å². The number of carbonyl (C=O) groups is 1. The molecule has 5 nitrogen and oxygen atoms in total. The van der Waals surface area contributed by atoms with Gasteiger partial charge in [0.05, 0.1) is 5.69 Å². The van der Waals surface area contributed by atoms with Gasteiger partial charge in [0.1, 0.15) is 5.01 Å². The number of carbonyl (C=O) groups excluding carboxylic acids is 1. The van der Waals surface area contributed by atoms with Crippen molar-refractivity contribution in [1.82, 2.24) is 10.3 Å². The van der Waals surface area contributed by atoms with E-state index in [1.165, 1.54) is 0 Å². The molecule has 1 N–H and O–H groups in total. The lowest BCUT2D eigenvalue weighted by Gasteiger charge is -2.07. The van der Waals surface area contributed by atoms with Gasteiger partial charge in [-0.1, -0.05) is 38.1 Å². The molecule has 28 heavy (non-hydrogen) atoms. The Balaban J connectivity index is 1.43. The number of benzene rings is 2. The molecular weight excluding hydrogens is 372 g/mol. The highest BCUT2D eigenvalue weighted by Crippen LogP contribution is 2.37. The van der Waals surface area contributed by atoms with Crippen LogP contribution in [-0.4, -0.2) is 17.7 Å². The number of aromatic nitrogens is 1. The molecule has 144 valence electrons. The molecule has 1 aliphatic heterocycles. The third-order valence-corrected chi connectivity index (χ3v) is 5.35. The molecule has 0 saturated heterocycles. The average molecular weight is 394 g/mol. The van der Waals surface area contributed by atoms with Crippen molar-refractivity contribution in [3.63, 3.8) is 0 Å². The van der Waals surface area contributed by atoms with Crippen LogP contribution in [-0.2, 0) is 11.3 Å². The molecule has 0 fully saturated rings. The highest BCUT2D eigenvalue weighted by Gasteiger charge is 2.15. The summed E-state index contributed by atoms with van der Waals surface area (Å²) in [4.78, 5) is 16.6. The van der Waals surface area contributed by atoms with Crippen molar-refractivity contribution in [1.29, 1.82) is 0 Å². The number of nitrogens with one attached hydrogen (secondary N) is 1. The van der Waals surface area contributed by atoms with E-state index in [-0.39, 0.29) is 12.7 Å². The zero-order chi connectivity index (χ0) is 19.5. The Kier molecular flexibility index (Phi) is 5.30. The number of amides is 1. The molecule has 0 aliphatic carbocycles. The third kappa shape index (κ3) is 4.17. The second kappa shape index (κ2) is 8.02. The fourth-order valence-corrected chi connectivity index (χ4v) is 3.84. The fourth-order valence-electron chi connectivity index (χ4n) is 3.00. The number of rotatable bonds is 6. The summed E-state index contributed by atoms with van der Waals surface area (Å²) in [7, 11) is 0. The van der Waals surface area contributed by atoms with Crippen molar-refractivity contribution in [2.24, 2.45) is 5.92 Å². The molecule has 0 spiro atoms. The molecule has 4 rings (SSSR count). The van der Waals surface area contributed by atoms with Crippen molar-refractivity contribution < 1.29 is 14.3 Å². The zero-order valence-electron chi connectivity index (χ0n) is 15.9. The topological polar surface area (TPSA) is 60.5 Å². The van der Waals surface area contributed by atoms with Gasteiger partial charge < -0.3 is 14.8 Å². The first kappa shape index (κ1) is 18.5. The number of thiazole rings is 1. The minimum absolute atomic E-state index is 0.0902. The van der Waals surface area contributed by atoms with Crippen LogP contribution >= 0.6 is 11.3 Å². The maximum atomic E-state index is 11.8. The van der Waals surface area contributed by atoms with E-state index in [0.29, 0.717) is 18.9 Å². The lowest BCUT2D eigenvalue weighted by Crippen LogP contribution is -2.23. The smallest absolute Gasteiger partial charge is 0.231 e. The largest absolute Gasteiger partial charge is 0.454 e. The summed E-state index contributed by atoms with van der Waals surface area (Å²) in [5.41, 5.74) is 4.07. The Morgan fingerprint density at radius 1 is 1.11 bits per heavy atom. The lowest BCUT2D eigenvalue weighted by atomic mass is 10.1. The zero-order valence-corrected chi connectivity index (χ0v) is 16.7. The van der Waals surface area contributed by atoms with Gasteiger partial charge in [-0.25, -0.2) is 4.98 Å². The highest BCUT2D eigenvalue weighted by molar-refractivity contribution is 7.13. The van der Waals surface area contributed by atoms with Crippen molar-refractivity contribution in [2.75, 3.05) is 6.79 Å². The quantitative estimate of drug-likeness (QED) is 0.648. The molecule has 1 aliphatic rings. The van der Waals surface area contributed by atoms with Crippen LogP contribution in [0.5, 0.6) is 11.5 Å². The summed E-state index contributed by atoms with van der Waals surface area (Å²) in [5.74, 6) is 1.99. The molecule has 2 heterocycles. The van der Waals surface area contributed by atoms with Gasteiger partial charge >= 0.3 is 0 Å². The second-order valence-corrected chi connectivity index (χ2v) is 8.04. The molecule has 0 bridgehead atoms. The first-order valence-electron chi connectivity index (χ1n) is 9.30. The molecule has 6 heteroatoms. The molecule has 0 unspecified atom stereocenters. The molecule has 0 saturated carbocycles. The first-order valence-corrected chi connectivity index (χ1v) is 10.2. The van der Waals surface area contributed by atoms with Gasteiger partial charge in [0, 0.05) is 29.5 Å². The van der Waals surface area contributed by atoms with Crippen molar-refractivity contribution in [2.45, 2.75) is 26.8 Å². The molecule has 0 atom stereocenters. The van der Waals surface area contributed by atoms with Gasteiger partial charge in [0.15, 0.2) is 11.5 Å². The predicted molar refractivity (Wildman–Crippen MR) is 110 cm³/mol. The van der Waals surface area contributed by atoms with Crippen LogP contribution in [0.4, 0.5) is 0 Å². The predicted octanol–water partition coefficient (Wildman–Crippen LogP) is 4.87. The van der Waals surface area contributed by atoms with Gasteiger partial charge in [-0.2, -0.15) is 0 Å². The van der Waals surface area contributed by atoms with Crippen LogP contribution in [0.3, 0.4) is 0 Å². The van der Waals surface area contributed by atoms with E-state index in [0.717, 1.165) is 38.9 Å². The van der Waals surface area contributed by atoms with Gasteiger partial charge in [-0.05, 0) is 29.7 Å². The van der Waals surface area contributed by atoms with Gasteiger partial charge in [0.25, 0.3) is 0 Å². The number of hydrogen-bond acceptors (Lipinski definition) is 5. The Morgan fingerprint density at radius 2 is 1.86 bits per heavy atom.